The number of aliphatic imine (C=N–C) groups is 1. The molecule has 82 valence electrons. The van der Waals surface area contributed by atoms with E-state index in [9.17, 15) is 0 Å². The molecule has 1 rings (SSSR count). The molecule has 3 nitrogen and oxygen atoms in total. The van der Waals surface area contributed by atoms with Gasteiger partial charge in [-0.05, 0) is 17.5 Å². The lowest BCUT2D eigenvalue weighted by Crippen LogP contribution is -2.34. The smallest absolute Gasteiger partial charge is 0.190 e. The summed E-state index contributed by atoms with van der Waals surface area (Å²) in [5.41, 5.74) is 2.72. The highest BCUT2D eigenvalue weighted by Crippen LogP contribution is 2.08. The lowest BCUT2D eigenvalue weighted by Gasteiger charge is -2.11. The average Bonchev–Trinajstić information content (AvgIpc) is 2.31. The molecule has 0 saturated carbocycles. The van der Waals surface area contributed by atoms with Crippen LogP contribution in [0.2, 0.25) is 0 Å². The van der Waals surface area contributed by atoms with Crippen molar-refractivity contribution in [3.63, 3.8) is 0 Å². The Balaban J connectivity index is 2.64. The molecule has 3 heteroatoms. The van der Waals surface area contributed by atoms with Gasteiger partial charge in [-0.25, -0.2) is 0 Å². The molecule has 15 heavy (non-hydrogen) atoms. The highest BCUT2D eigenvalue weighted by molar-refractivity contribution is 5.79. The average molecular weight is 205 g/mol. The summed E-state index contributed by atoms with van der Waals surface area (Å²) in [6, 6.07) is 8.46. The van der Waals surface area contributed by atoms with Gasteiger partial charge in [0.1, 0.15) is 0 Å². The second-order valence-electron chi connectivity index (χ2n) is 3.30. The minimum Gasteiger partial charge on any atom is -0.359 e. The lowest BCUT2D eigenvalue weighted by atomic mass is 10.1. The largest absolute Gasteiger partial charge is 0.359 e. The van der Waals surface area contributed by atoms with E-state index in [0.717, 1.165) is 18.9 Å². The fraction of sp³-hybridized carbons (Fsp3) is 0.417. The van der Waals surface area contributed by atoms with Crippen LogP contribution < -0.4 is 10.6 Å². The predicted molar refractivity (Wildman–Crippen MR) is 65.1 cm³/mol. The van der Waals surface area contributed by atoms with Crippen LogP contribution in [-0.4, -0.2) is 20.1 Å². The molecule has 0 unspecified atom stereocenters. The fourth-order valence-corrected chi connectivity index (χ4v) is 1.53. The van der Waals surface area contributed by atoms with Gasteiger partial charge in [-0.1, -0.05) is 31.2 Å². The number of hydrogen-bond donors (Lipinski definition) is 2. The molecule has 1 aromatic carbocycles. The van der Waals surface area contributed by atoms with E-state index in [1.807, 2.05) is 7.05 Å². The Hall–Kier alpha value is -1.51. The van der Waals surface area contributed by atoms with Crippen molar-refractivity contribution in [3.8, 4) is 0 Å². The molecular weight excluding hydrogens is 186 g/mol. The van der Waals surface area contributed by atoms with Gasteiger partial charge < -0.3 is 10.6 Å². The van der Waals surface area contributed by atoms with Crippen LogP contribution in [0.4, 0.5) is 0 Å². The lowest BCUT2D eigenvalue weighted by molar-refractivity contribution is 0.852. The van der Waals surface area contributed by atoms with Gasteiger partial charge in [-0.3, -0.25) is 4.99 Å². The monoisotopic (exact) mass is 205 g/mol. The van der Waals surface area contributed by atoms with Crippen LogP contribution in [-0.2, 0) is 13.0 Å². The zero-order valence-electron chi connectivity index (χ0n) is 9.67. The Bertz CT molecular complexity index is 331. The van der Waals surface area contributed by atoms with Crippen molar-refractivity contribution in [2.45, 2.75) is 19.9 Å². The maximum absolute atomic E-state index is 4.07. The third-order valence-corrected chi connectivity index (χ3v) is 2.41. The minimum absolute atomic E-state index is 0.817. The molecule has 0 atom stereocenters. The third kappa shape index (κ3) is 3.27. The third-order valence-electron chi connectivity index (χ3n) is 2.41. The topological polar surface area (TPSA) is 36.4 Å². The van der Waals surface area contributed by atoms with E-state index in [4.69, 9.17) is 0 Å². The number of aryl methyl sites for hydroxylation is 1. The van der Waals surface area contributed by atoms with Crippen molar-refractivity contribution in [2.75, 3.05) is 14.1 Å². The van der Waals surface area contributed by atoms with Crippen LogP contribution in [0.5, 0.6) is 0 Å². The first-order valence-electron chi connectivity index (χ1n) is 5.27. The molecular formula is C12H19N3. The summed E-state index contributed by atoms with van der Waals surface area (Å²) < 4.78 is 0. The van der Waals surface area contributed by atoms with Crippen molar-refractivity contribution in [3.05, 3.63) is 35.4 Å². The van der Waals surface area contributed by atoms with Crippen LogP contribution in [0.3, 0.4) is 0 Å². The summed E-state index contributed by atoms with van der Waals surface area (Å²) in [6.45, 7) is 2.99. The molecule has 2 N–H and O–H groups in total. The van der Waals surface area contributed by atoms with Gasteiger partial charge in [-0.15, -0.1) is 0 Å². The van der Waals surface area contributed by atoms with Gasteiger partial charge in [0.25, 0.3) is 0 Å². The minimum atomic E-state index is 0.817. The number of nitrogens with zero attached hydrogens (tertiary/aromatic N) is 1. The fourth-order valence-electron chi connectivity index (χ4n) is 1.53. The standard InChI is InChI=1S/C12H19N3/c1-4-10-7-5-6-8-11(10)9-15-12(13-2)14-3/h5-8H,4,9H2,1-3H3,(H2,13,14,15). The molecule has 0 spiro atoms. The molecule has 0 heterocycles. The van der Waals surface area contributed by atoms with Crippen molar-refractivity contribution in [1.82, 2.24) is 10.6 Å². The van der Waals surface area contributed by atoms with Crippen LogP contribution in [0.1, 0.15) is 18.1 Å². The van der Waals surface area contributed by atoms with Crippen LogP contribution >= 0.6 is 0 Å². The van der Waals surface area contributed by atoms with Gasteiger partial charge in [0.05, 0.1) is 0 Å². The molecule has 1 aromatic rings. The first kappa shape index (κ1) is 11.6. The molecule has 0 aliphatic heterocycles. The second-order valence-corrected chi connectivity index (χ2v) is 3.30. The summed E-state index contributed by atoms with van der Waals surface area (Å²) in [5, 5.41) is 6.25. The van der Waals surface area contributed by atoms with E-state index < -0.39 is 0 Å². The Kier molecular flexibility index (Phi) is 4.68. The Morgan fingerprint density at radius 2 is 1.93 bits per heavy atom. The van der Waals surface area contributed by atoms with E-state index in [2.05, 4.69) is 46.8 Å². The van der Waals surface area contributed by atoms with Gasteiger partial charge in [-0.2, -0.15) is 0 Å². The molecule has 0 radical (unpaired) electrons. The van der Waals surface area contributed by atoms with Crippen LogP contribution in [0.25, 0.3) is 0 Å². The van der Waals surface area contributed by atoms with Gasteiger partial charge in [0, 0.05) is 20.6 Å². The summed E-state index contributed by atoms with van der Waals surface area (Å²) in [5.74, 6) is 0.820. The maximum Gasteiger partial charge on any atom is 0.190 e. The molecule has 0 amide bonds. The number of benzene rings is 1. The van der Waals surface area contributed by atoms with Crippen molar-refractivity contribution in [2.24, 2.45) is 4.99 Å². The predicted octanol–water partition coefficient (Wildman–Crippen LogP) is 1.54. The Labute approximate surface area is 91.6 Å². The van der Waals surface area contributed by atoms with Crippen molar-refractivity contribution in [1.29, 1.82) is 0 Å². The summed E-state index contributed by atoms with van der Waals surface area (Å²) in [7, 11) is 3.63. The molecule has 0 aliphatic carbocycles. The van der Waals surface area contributed by atoms with Crippen LogP contribution in [0, 0.1) is 0 Å². The maximum atomic E-state index is 4.07. The normalized spacial score (nSPS) is 11.3. The molecule has 0 saturated heterocycles. The first-order chi connectivity index (χ1) is 7.31. The zero-order valence-corrected chi connectivity index (χ0v) is 9.67. The highest BCUT2D eigenvalue weighted by atomic mass is 15.1. The zero-order chi connectivity index (χ0) is 11.1. The first-order valence-corrected chi connectivity index (χ1v) is 5.27. The highest BCUT2D eigenvalue weighted by Gasteiger charge is 1.99. The number of guanidine groups is 1. The summed E-state index contributed by atoms with van der Waals surface area (Å²) in [6.07, 6.45) is 1.07. The number of nitrogens with one attached hydrogen (secondary N) is 2. The van der Waals surface area contributed by atoms with Gasteiger partial charge >= 0.3 is 0 Å². The molecule has 0 aromatic heterocycles. The number of rotatable bonds is 3. The van der Waals surface area contributed by atoms with E-state index in [-0.39, 0.29) is 0 Å². The Morgan fingerprint density at radius 1 is 1.27 bits per heavy atom. The van der Waals surface area contributed by atoms with Crippen LogP contribution in [0.15, 0.2) is 29.3 Å². The van der Waals surface area contributed by atoms with E-state index >= 15 is 0 Å². The van der Waals surface area contributed by atoms with Gasteiger partial charge in [0.15, 0.2) is 5.96 Å². The van der Waals surface area contributed by atoms with Gasteiger partial charge in [0.2, 0.25) is 0 Å². The quantitative estimate of drug-likeness (QED) is 0.580. The SMILES string of the molecule is CCc1ccccc1CNC(=NC)NC. The summed E-state index contributed by atoms with van der Waals surface area (Å²) in [4.78, 5) is 4.07. The number of hydrogen-bond acceptors (Lipinski definition) is 1. The molecule has 0 bridgehead atoms. The van der Waals surface area contributed by atoms with Crippen molar-refractivity contribution < 1.29 is 0 Å². The summed E-state index contributed by atoms with van der Waals surface area (Å²) >= 11 is 0. The van der Waals surface area contributed by atoms with E-state index in [0.29, 0.717) is 0 Å². The molecule has 0 aliphatic rings. The molecule has 0 fully saturated rings. The van der Waals surface area contributed by atoms with Crippen molar-refractivity contribution >= 4 is 5.96 Å². The Morgan fingerprint density at radius 3 is 2.47 bits per heavy atom. The van der Waals surface area contributed by atoms with E-state index in [1.165, 1.54) is 11.1 Å². The van der Waals surface area contributed by atoms with E-state index in [1.54, 1.807) is 7.05 Å². The second kappa shape index (κ2) is 6.06.